The predicted molar refractivity (Wildman–Crippen MR) is 73.6 cm³/mol. The molecule has 1 heterocycles. The van der Waals surface area contributed by atoms with Crippen molar-refractivity contribution in [3.63, 3.8) is 0 Å². The molecule has 1 saturated heterocycles. The minimum atomic E-state index is -1.69. The summed E-state index contributed by atoms with van der Waals surface area (Å²) in [6.45, 7) is 3.51. The molecule has 1 atom stereocenters. The molecule has 0 spiro atoms. The number of ether oxygens (including phenoxy) is 1. The summed E-state index contributed by atoms with van der Waals surface area (Å²) in [5.41, 5.74) is -1.29. The molecule has 0 saturated carbocycles. The number of aliphatic hydroxyl groups excluding tert-OH is 1. The number of halogens is 1. The Kier molecular flexibility index (Phi) is 4.39. The van der Waals surface area contributed by atoms with Crippen LogP contribution in [0.2, 0.25) is 0 Å². The zero-order valence-corrected chi connectivity index (χ0v) is 11.2. The molecule has 0 radical (unpaired) electrons. The fourth-order valence-corrected chi connectivity index (χ4v) is 2.23. The molecule has 2 rings (SSSR count). The molecule has 1 aliphatic rings. The Morgan fingerprint density at radius 2 is 2.30 bits per heavy atom. The maximum Gasteiger partial charge on any atom is 0.257 e. The molecule has 108 valence electrons. The van der Waals surface area contributed by atoms with E-state index in [4.69, 9.17) is 9.84 Å². The highest BCUT2D eigenvalue weighted by Gasteiger charge is 2.40. The maximum atomic E-state index is 14.0. The van der Waals surface area contributed by atoms with Crippen molar-refractivity contribution in [3.05, 3.63) is 42.5 Å². The molecule has 1 aromatic rings. The van der Waals surface area contributed by atoms with E-state index in [1.807, 2.05) is 0 Å². The van der Waals surface area contributed by atoms with Gasteiger partial charge in [-0.1, -0.05) is 24.8 Å². The first-order valence-electron chi connectivity index (χ1n) is 6.51. The highest BCUT2D eigenvalue weighted by atomic mass is 19.1. The minimum absolute atomic E-state index is 0.0852. The number of hydrogen-bond acceptors (Lipinski definition) is 3. The number of carbonyl (C=O) groups is 1. The predicted octanol–water partition coefficient (Wildman–Crippen LogP) is 1.80. The van der Waals surface area contributed by atoms with Crippen molar-refractivity contribution in [1.82, 2.24) is 4.90 Å². The van der Waals surface area contributed by atoms with Gasteiger partial charge in [0.2, 0.25) is 0 Å². The van der Waals surface area contributed by atoms with Crippen LogP contribution in [0.15, 0.2) is 36.9 Å². The average molecular weight is 279 g/mol. The van der Waals surface area contributed by atoms with Crippen LogP contribution in [0.1, 0.15) is 16.8 Å². The molecule has 0 bridgehead atoms. The average Bonchev–Trinajstić information content (AvgIpc) is 2.88. The summed E-state index contributed by atoms with van der Waals surface area (Å²) in [5, 5.41) is 9.02. The molecule has 1 unspecified atom stereocenters. The maximum absolute atomic E-state index is 14.0. The molecule has 20 heavy (non-hydrogen) atoms. The van der Waals surface area contributed by atoms with Crippen molar-refractivity contribution >= 4 is 5.91 Å². The summed E-state index contributed by atoms with van der Waals surface area (Å²) in [4.78, 5) is 13.8. The number of para-hydroxylation sites is 1. The third kappa shape index (κ3) is 2.99. The Balaban J connectivity index is 2.15. The second-order valence-electron chi connectivity index (χ2n) is 4.88. The first-order valence-corrected chi connectivity index (χ1v) is 6.51. The first kappa shape index (κ1) is 14.5. The third-order valence-corrected chi connectivity index (χ3v) is 3.35. The molecular weight excluding hydrogens is 261 g/mol. The van der Waals surface area contributed by atoms with Gasteiger partial charge in [0.15, 0.2) is 5.67 Å². The summed E-state index contributed by atoms with van der Waals surface area (Å²) in [5.74, 6) is 0.176. The van der Waals surface area contributed by atoms with E-state index < -0.39 is 12.3 Å². The lowest BCUT2D eigenvalue weighted by Crippen LogP contribution is -2.35. The van der Waals surface area contributed by atoms with E-state index in [0.717, 1.165) is 0 Å². The van der Waals surface area contributed by atoms with Gasteiger partial charge in [0.25, 0.3) is 5.91 Å². The van der Waals surface area contributed by atoms with E-state index in [0.29, 0.717) is 24.5 Å². The zero-order valence-electron chi connectivity index (χ0n) is 11.2. The molecule has 1 fully saturated rings. The Labute approximate surface area is 117 Å². The molecule has 1 amide bonds. The van der Waals surface area contributed by atoms with E-state index in [2.05, 4.69) is 6.58 Å². The summed E-state index contributed by atoms with van der Waals surface area (Å²) < 4.78 is 19.4. The van der Waals surface area contributed by atoms with Gasteiger partial charge in [0, 0.05) is 13.0 Å². The van der Waals surface area contributed by atoms with E-state index in [-0.39, 0.29) is 18.9 Å². The van der Waals surface area contributed by atoms with E-state index in [9.17, 15) is 9.18 Å². The number of alkyl halides is 1. The van der Waals surface area contributed by atoms with E-state index >= 15 is 0 Å². The molecule has 1 aromatic carbocycles. The molecule has 1 aliphatic heterocycles. The van der Waals surface area contributed by atoms with Gasteiger partial charge in [-0.15, -0.1) is 0 Å². The van der Waals surface area contributed by atoms with Crippen molar-refractivity contribution < 1.29 is 19.0 Å². The summed E-state index contributed by atoms with van der Waals surface area (Å²) in [7, 11) is 0. The molecule has 0 aromatic heterocycles. The Morgan fingerprint density at radius 3 is 2.95 bits per heavy atom. The number of hydrogen-bond donors (Lipinski definition) is 1. The lowest BCUT2D eigenvalue weighted by atomic mass is 10.1. The minimum Gasteiger partial charge on any atom is -0.489 e. The second-order valence-corrected chi connectivity index (χ2v) is 4.88. The standard InChI is InChI=1S/C15H18FNO3/c1-2-9-20-13-6-4-3-5-12(13)14(19)17-8-7-15(16,10-17)11-18/h2-6,18H,1,7-11H2. The molecule has 5 heteroatoms. The number of amides is 1. The molecular formula is C15H18FNO3. The normalized spacial score (nSPS) is 21.8. The zero-order chi connectivity index (χ0) is 14.6. The number of benzene rings is 1. The Bertz CT molecular complexity index is 506. The number of carbonyl (C=O) groups excluding carboxylic acids is 1. The largest absolute Gasteiger partial charge is 0.489 e. The molecule has 1 N–H and O–H groups in total. The van der Waals surface area contributed by atoms with Gasteiger partial charge in [-0.25, -0.2) is 4.39 Å². The van der Waals surface area contributed by atoms with Crippen molar-refractivity contribution in [1.29, 1.82) is 0 Å². The first-order chi connectivity index (χ1) is 9.59. The van der Waals surface area contributed by atoms with Crippen LogP contribution in [0.25, 0.3) is 0 Å². The van der Waals surface area contributed by atoms with Gasteiger partial charge in [0.1, 0.15) is 12.4 Å². The number of rotatable bonds is 5. The van der Waals surface area contributed by atoms with E-state index in [1.165, 1.54) is 4.90 Å². The van der Waals surface area contributed by atoms with Crippen LogP contribution in [-0.2, 0) is 0 Å². The lowest BCUT2D eigenvalue weighted by molar-refractivity contribution is 0.0628. The van der Waals surface area contributed by atoms with Crippen LogP contribution in [0.3, 0.4) is 0 Å². The number of aliphatic hydroxyl groups is 1. The fraction of sp³-hybridized carbons (Fsp3) is 0.400. The van der Waals surface area contributed by atoms with Crippen LogP contribution in [0, 0.1) is 0 Å². The van der Waals surface area contributed by atoms with Crippen LogP contribution in [-0.4, -0.2) is 47.9 Å². The summed E-state index contributed by atoms with van der Waals surface area (Å²) in [6.07, 6.45) is 1.75. The van der Waals surface area contributed by atoms with Crippen LogP contribution < -0.4 is 4.74 Å². The summed E-state index contributed by atoms with van der Waals surface area (Å²) >= 11 is 0. The second kappa shape index (κ2) is 6.05. The number of nitrogens with zero attached hydrogens (tertiary/aromatic N) is 1. The fourth-order valence-electron chi connectivity index (χ4n) is 2.23. The van der Waals surface area contributed by atoms with Crippen LogP contribution >= 0.6 is 0 Å². The van der Waals surface area contributed by atoms with Gasteiger partial charge in [-0.05, 0) is 12.1 Å². The number of likely N-dealkylation sites (tertiary alicyclic amines) is 1. The van der Waals surface area contributed by atoms with Gasteiger partial charge >= 0.3 is 0 Å². The van der Waals surface area contributed by atoms with Crippen LogP contribution in [0.5, 0.6) is 5.75 Å². The van der Waals surface area contributed by atoms with Gasteiger partial charge in [-0.2, -0.15) is 0 Å². The SMILES string of the molecule is C=CCOc1ccccc1C(=O)N1CCC(F)(CO)C1. The Hall–Kier alpha value is -1.88. The van der Waals surface area contributed by atoms with Crippen molar-refractivity contribution in [2.75, 3.05) is 26.3 Å². The van der Waals surface area contributed by atoms with Crippen molar-refractivity contribution in [3.8, 4) is 5.75 Å². The van der Waals surface area contributed by atoms with Crippen molar-refractivity contribution in [2.24, 2.45) is 0 Å². The van der Waals surface area contributed by atoms with Crippen molar-refractivity contribution in [2.45, 2.75) is 12.1 Å². The smallest absolute Gasteiger partial charge is 0.257 e. The molecule has 4 nitrogen and oxygen atoms in total. The Morgan fingerprint density at radius 1 is 1.55 bits per heavy atom. The highest BCUT2D eigenvalue weighted by Crippen LogP contribution is 2.28. The monoisotopic (exact) mass is 279 g/mol. The van der Waals surface area contributed by atoms with E-state index in [1.54, 1.807) is 30.3 Å². The lowest BCUT2D eigenvalue weighted by Gasteiger charge is -2.20. The third-order valence-electron chi connectivity index (χ3n) is 3.35. The van der Waals surface area contributed by atoms with Gasteiger partial charge in [0.05, 0.1) is 18.7 Å². The quantitative estimate of drug-likeness (QED) is 0.836. The molecule has 0 aliphatic carbocycles. The summed E-state index contributed by atoms with van der Waals surface area (Å²) in [6, 6.07) is 6.85. The topological polar surface area (TPSA) is 49.8 Å². The van der Waals surface area contributed by atoms with Crippen LogP contribution in [0.4, 0.5) is 4.39 Å². The van der Waals surface area contributed by atoms with Gasteiger partial charge < -0.3 is 14.7 Å². The highest BCUT2D eigenvalue weighted by molar-refractivity contribution is 5.97. The van der Waals surface area contributed by atoms with Gasteiger partial charge in [-0.3, -0.25) is 4.79 Å².